The number of nitrogens with one attached hydrogen (secondary N) is 2. The zero-order valence-electron chi connectivity index (χ0n) is 18.8. The fraction of sp³-hybridized carbons (Fsp3) is 0.435. The van der Waals surface area contributed by atoms with E-state index in [1.54, 1.807) is 30.8 Å². The molecule has 1 atom stereocenters. The van der Waals surface area contributed by atoms with Crippen LogP contribution in [0.25, 0.3) is 16.6 Å². The molecule has 3 heterocycles. The molecule has 172 valence electrons. The number of halogens is 1. The molecule has 0 fully saturated rings. The van der Waals surface area contributed by atoms with E-state index in [-0.39, 0.29) is 12.1 Å². The molecule has 0 saturated heterocycles. The van der Waals surface area contributed by atoms with E-state index in [9.17, 15) is 19.4 Å². The summed E-state index contributed by atoms with van der Waals surface area (Å²) >= 11 is 0. The lowest BCUT2D eigenvalue weighted by Crippen LogP contribution is -2.42. The number of pyridine rings is 1. The van der Waals surface area contributed by atoms with Crippen LogP contribution in [0.1, 0.15) is 44.5 Å². The van der Waals surface area contributed by atoms with Crippen LogP contribution < -0.4 is 10.6 Å². The smallest absolute Gasteiger partial charge is 0.255 e. The number of anilines is 1. The Labute approximate surface area is 186 Å². The van der Waals surface area contributed by atoms with Crippen LogP contribution in [0.5, 0.6) is 0 Å². The van der Waals surface area contributed by atoms with E-state index < -0.39 is 23.3 Å². The quantitative estimate of drug-likeness (QED) is 0.405. The summed E-state index contributed by atoms with van der Waals surface area (Å²) in [5.41, 5.74) is 0.754. The number of rotatable bonds is 9. The van der Waals surface area contributed by atoms with Gasteiger partial charge in [-0.15, -0.1) is 0 Å². The minimum absolute atomic E-state index is 0.243. The molecular formula is C23H30FN5O3. The number of carbonyl (C=O) groups is 1. The molecule has 0 aromatic carbocycles. The van der Waals surface area contributed by atoms with Gasteiger partial charge < -0.3 is 20.8 Å². The van der Waals surface area contributed by atoms with Gasteiger partial charge in [-0.2, -0.15) is 5.10 Å². The summed E-state index contributed by atoms with van der Waals surface area (Å²) in [6.07, 6.45) is 5.50. The molecule has 0 aliphatic heterocycles. The van der Waals surface area contributed by atoms with Crippen molar-refractivity contribution < 1.29 is 19.4 Å². The van der Waals surface area contributed by atoms with Crippen molar-refractivity contribution in [2.45, 2.75) is 51.5 Å². The number of aliphatic hydroxyl groups is 2. The molecule has 3 aromatic rings. The lowest BCUT2D eigenvalue weighted by Gasteiger charge is -2.23. The molecule has 0 radical (unpaired) electrons. The summed E-state index contributed by atoms with van der Waals surface area (Å²) in [6.45, 7) is 6.19. The number of amides is 1. The van der Waals surface area contributed by atoms with Gasteiger partial charge in [-0.25, -0.2) is 8.91 Å². The third-order valence-corrected chi connectivity index (χ3v) is 5.12. The largest absolute Gasteiger partial charge is 0.390 e. The van der Waals surface area contributed by atoms with Crippen molar-refractivity contribution in [1.82, 2.24) is 19.9 Å². The van der Waals surface area contributed by atoms with Gasteiger partial charge in [0.05, 0.1) is 40.7 Å². The van der Waals surface area contributed by atoms with Crippen molar-refractivity contribution in [3.8, 4) is 11.1 Å². The second-order valence-electron chi connectivity index (χ2n) is 9.05. The topological polar surface area (TPSA) is 112 Å². The van der Waals surface area contributed by atoms with E-state index in [2.05, 4.69) is 20.7 Å². The van der Waals surface area contributed by atoms with E-state index >= 15 is 0 Å². The van der Waals surface area contributed by atoms with Crippen LogP contribution in [0.15, 0.2) is 43.0 Å². The van der Waals surface area contributed by atoms with Crippen molar-refractivity contribution in [3.05, 3.63) is 48.5 Å². The first kappa shape index (κ1) is 23.6. The average molecular weight is 444 g/mol. The molecule has 1 unspecified atom stereocenters. The highest BCUT2D eigenvalue weighted by atomic mass is 19.1. The van der Waals surface area contributed by atoms with Gasteiger partial charge in [-0.1, -0.05) is 6.07 Å². The molecule has 8 nitrogen and oxygen atoms in total. The van der Waals surface area contributed by atoms with Crippen LogP contribution in [0.4, 0.5) is 10.1 Å². The highest BCUT2D eigenvalue weighted by molar-refractivity contribution is 6.03. The van der Waals surface area contributed by atoms with E-state index in [1.807, 2.05) is 24.4 Å². The summed E-state index contributed by atoms with van der Waals surface area (Å²) in [7, 11) is 0. The maximum atomic E-state index is 14.1. The third-order valence-electron chi connectivity index (χ3n) is 5.12. The summed E-state index contributed by atoms with van der Waals surface area (Å²) in [5.74, 6) is -0.512. The average Bonchev–Trinajstić information content (AvgIpc) is 3.15. The van der Waals surface area contributed by atoms with E-state index in [0.29, 0.717) is 24.2 Å². The van der Waals surface area contributed by atoms with E-state index in [1.165, 1.54) is 20.0 Å². The monoisotopic (exact) mass is 443 g/mol. The van der Waals surface area contributed by atoms with Gasteiger partial charge in [-0.3, -0.25) is 9.78 Å². The molecule has 3 aromatic heterocycles. The predicted molar refractivity (Wildman–Crippen MR) is 121 cm³/mol. The maximum absolute atomic E-state index is 14.1. The summed E-state index contributed by atoms with van der Waals surface area (Å²) in [6, 6.07) is 5.65. The number of aromatic nitrogens is 3. The Balaban J connectivity index is 1.95. The minimum atomic E-state index is -1.62. The minimum Gasteiger partial charge on any atom is -0.390 e. The first-order valence-corrected chi connectivity index (χ1v) is 10.5. The number of hydrogen-bond acceptors (Lipinski definition) is 6. The summed E-state index contributed by atoms with van der Waals surface area (Å²) in [5, 5.41) is 30.0. The zero-order chi connectivity index (χ0) is 23.5. The van der Waals surface area contributed by atoms with Crippen LogP contribution in [-0.4, -0.2) is 61.2 Å². The van der Waals surface area contributed by atoms with E-state index in [0.717, 1.165) is 11.1 Å². The first-order chi connectivity index (χ1) is 15.0. The van der Waals surface area contributed by atoms with Crippen molar-refractivity contribution in [3.63, 3.8) is 0 Å². The van der Waals surface area contributed by atoms with Crippen LogP contribution in [0.3, 0.4) is 0 Å². The molecule has 32 heavy (non-hydrogen) atoms. The lowest BCUT2D eigenvalue weighted by molar-refractivity contribution is -0.00177. The van der Waals surface area contributed by atoms with Gasteiger partial charge in [0, 0.05) is 36.3 Å². The van der Waals surface area contributed by atoms with Gasteiger partial charge in [0.25, 0.3) is 5.91 Å². The van der Waals surface area contributed by atoms with Gasteiger partial charge in [0.15, 0.2) is 0 Å². The molecule has 0 saturated carbocycles. The Morgan fingerprint density at radius 3 is 2.59 bits per heavy atom. The standard InChI is InChI=1S/C23H30FN5O3/c1-22(2,31)7-9-26-20-17(21(30)27-13-19(24)23(3,4)32)12-28-29-14-16(10-18(20)29)15-6-5-8-25-11-15/h5-6,8,10-12,14,19,26,31-32H,7,9,13H2,1-4H3,(H,27,30). The van der Waals surface area contributed by atoms with Crippen molar-refractivity contribution >= 4 is 17.1 Å². The second-order valence-corrected chi connectivity index (χ2v) is 9.05. The Bertz CT molecular complexity index is 1070. The van der Waals surface area contributed by atoms with Gasteiger partial charge in [0.2, 0.25) is 0 Å². The Kier molecular flexibility index (Phi) is 6.80. The lowest BCUT2D eigenvalue weighted by atomic mass is 10.0. The molecule has 1 amide bonds. The molecular weight excluding hydrogens is 413 g/mol. The molecule has 3 rings (SSSR count). The Morgan fingerprint density at radius 2 is 1.97 bits per heavy atom. The molecule has 9 heteroatoms. The molecule has 0 bridgehead atoms. The fourth-order valence-corrected chi connectivity index (χ4v) is 3.13. The number of nitrogens with zero attached hydrogens (tertiary/aromatic N) is 3. The normalized spacial score (nSPS) is 13.2. The SMILES string of the molecule is CC(C)(O)CCNc1c(C(=O)NCC(F)C(C)(C)O)cnn2cc(-c3cccnc3)cc12. The highest BCUT2D eigenvalue weighted by Gasteiger charge is 2.27. The van der Waals surface area contributed by atoms with Gasteiger partial charge in [0.1, 0.15) is 6.17 Å². The van der Waals surface area contributed by atoms with E-state index in [4.69, 9.17) is 0 Å². The molecule has 0 spiro atoms. The second kappa shape index (κ2) is 9.22. The molecule has 0 aliphatic rings. The molecule has 0 aliphatic carbocycles. The number of alkyl halides is 1. The van der Waals surface area contributed by atoms with Gasteiger partial charge >= 0.3 is 0 Å². The van der Waals surface area contributed by atoms with Crippen LogP contribution >= 0.6 is 0 Å². The van der Waals surface area contributed by atoms with Gasteiger partial charge in [-0.05, 0) is 46.2 Å². The van der Waals surface area contributed by atoms with Crippen LogP contribution in [-0.2, 0) is 0 Å². The Morgan fingerprint density at radius 1 is 1.22 bits per heavy atom. The summed E-state index contributed by atoms with van der Waals surface area (Å²) < 4.78 is 15.8. The number of hydrogen-bond donors (Lipinski definition) is 4. The van der Waals surface area contributed by atoms with Crippen molar-refractivity contribution in [2.24, 2.45) is 0 Å². The number of fused-ring (bicyclic) bond motifs is 1. The van der Waals surface area contributed by atoms with Crippen LogP contribution in [0.2, 0.25) is 0 Å². The summed E-state index contributed by atoms with van der Waals surface area (Å²) in [4.78, 5) is 17.0. The molecule has 4 N–H and O–H groups in total. The number of carbonyl (C=O) groups excluding carboxylic acids is 1. The van der Waals surface area contributed by atoms with Crippen molar-refractivity contribution in [1.29, 1.82) is 0 Å². The third kappa shape index (κ3) is 5.80. The highest BCUT2D eigenvalue weighted by Crippen LogP contribution is 2.28. The van der Waals surface area contributed by atoms with Crippen LogP contribution in [0, 0.1) is 0 Å². The maximum Gasteiger partial charge on any atom is 0.255 e. The Hall–Kier alpha value is -3.04. The predicted octanol–water partition coefficient (Wildman–Crippen LogP) is 2.81. The zero-order valence-corrected chi connectivity index (χ0v) is 18.8. The fourth-order valence-electron chi connectivity index (χ4n) is 3.13. The first-order valence-electron chi connectivity index (χ1n) is 10.5. The van der Waals surface area contributed by atoms with Crippen molar-refractivity contribution in [2.75, 3.05) is 18.4 Å².